The molecule has 0 saturated carbocycles. The Morgan fingerprint density at radius 3 is 1.92 bits per heavy atom. The fourth-order valence-corrected chi connectivity index (χ4v) is 9.47. The van der Waals surface area contributed by atoms with E-state index < -0.39 is 11.9 Å². The molecule has 0 radical (unpaired) electrons. The standard InChI is InChI=1S/C39H33N3O8S3/c1-4-45-38(43)23-10-12-41-26(18-23)28-20-24(39(44)46-5-2)19-27(42-28)25-17-22(9-11-40-25)29-7-8-30(52-29)35-33-34(50-16-15-49-33)37(53-35)36-32-31(21(3)51-36)47-13-6-14-48-32/h7-12,17-20H,4-6,13-16H2,1-3H3. The van der Waals surface area contributed by atoms with Crippen molar-refractivity contribution < 1.29 is 38.0 Å². The largest absolute Gasteiger partial charge is 0.488 e. The minimum Gasteiger partial charge on any atom is -0.488 e. The predicted molar refractivity (Wildman–Crippen MR) is 204 cm³/mol. The van der Waals surface area contributed by atoms with Gasteiger partial charge in [0.05, 0.1) is 75.0 Å². The Kier molecular flexibility index (Phi) is 9.82. The Bertz CT molecular complexity index is 2350. The van der Waals surface area contributed by atoms with Gasteiger partial charge in [-0.25, -0.2) is 14.6 Å². The zero-order valence-electron chi connectivity index (χ0n) is 29.1. The number of esters is 2. The van der Waals surface area contributed by atoms with Crippen molar-refractivity contribution in [2.75, 3.05) is 39.6 Å². The van der Waals surface area contributed by atoms with Gasteiger partial charge in [0.25, 0.3) is 0 Å². The van der Waals surface area contributed by atoms with E-state index in [0.29, 0.717) is 54.8 Å². The highest BCUT2D eigenvalue weighted by Gasteiger charge is 2.32. The number of hydrogen-bond donors (Lipinski definition) is 0. The first-order chi connectivity index (χ1) is 25.9. The lowest BCUT2D eigenvalue weighted by Crippen LogP contribution is -2.14. The molecule has 6 aromatic rings. The number of nitrogens with zero attached hydrogens (tertiary/aromatic N) is 3. The lowest BCUT2D eigenvalue weighted by molar-refractivity contribution is 0.0516. The summed E-state index contributed by atoms with van der Waals surface area (Å²) in [5.74, 6) is 2.08. The van der Waals surface area contributed by atoms with Crippen molar-refractivity contribution in [2.45, 2.75) is 27.2 Å². The number of thiophene rings is 3. The molecule has 14 heteroatoms. The quantitative estimate of drug-likeness (QED) is 0.131. The summed E-state index contributed by atoms with van der Waals surface area (Å²) in [6.07, 6.45) is 4.06. The number of carbonyl (C=O) groups is 2. The van der Waals surface area contributed by atoms with Crippen LogP contribution in [0.1, 0.15) is 45.9 Å². The first-order valence-electron chi connectivity index (χ1n) is 17.1. The van der Waals surface area contributed by atoms with Gasteiger partial charge in [-0.15, -0.1) is 34.0 Å². The van der Waals surface area contributed by atoms with E-state index in [1.54, 1.807) is 78.3 Å². The van der Waals surface area contributed by atoms with Gasteiger partial charge in [-0.1, -0.05) is 0 Å². The van der Waals surface area contributed by atoms with Crippen molar-refractivity contribution in [1.82, 2.24) is 15.0 Å². The minimum atomic E-state index is -0.504. The van der Waals surface area contributed by atoms with Crippen molar-refractivity contribution in [3.05, 3.63) is 76.9 Å². The maximum atomic E-state index is 13.0. The van der Waals surface area contributed by atoms with Crippen LogP contribution in [0.2, 0.25) is 0 Å². The summed E-state index contributed by atoms with van der Waals surface area (Å²) >= 11 is 4.91. The van der Waals surface area contributed by atoms with E-state index in [9.17, 15) is 9.59 Å². The number of hydrogen-bond acceptors (Lipinski definition) is 14. The van der Waals surface area contributed by atoms with Crippen LogP contribution < -0.4 is 18.9 Å². The summed E-state index contributed by atoms with van der Waals surface area (Å²) in [6, 6.07) is 14.5. The average molecular weight is 768 g/mol. The van der Waals surface area contributed by atoms with Crippen LogP contribution in [0.25, 0.3) is 52.7 Å². The highest BCUT2D eigenvalue weighted by Crippen LogP contribution is 2.60. The molecule has 2 aliphatic rings. The molecule has 0 aromatic carbocycles. The third-order valence-electron chi connectivity index (χ3n) is 8.38. The first kappa shape index (κ1) is 34.8. The highest BCUT2D eigenvalue weighted by atomic mass is 32.1. The fraction of sp³-hybridized carbons (Fsp3) is 0.256. The van der Waals surface area contributed by atoms with Crippen molar-refractivity contribution in [1.29, 1.82) is 0 Å². The molecular formula is C39H33N3O8S3. The second-order valence-electron chi connectivity index (χ2n) is 11.9. The smallest absolute Gasteiger partial charge is 0.338 e. The van der Waals surface area contributed by atoms with Crippen LogP contribution >= 0.6 is 34.0 Å². The zero-order chi connectivity index (χ0) is 36.5. The van der Waals surface area contributed by atoms with Crippen molar-refractivity contribution in [2.24, 2.45) is 0 Å². The summed E-state index contributed by atoms with van der Waals surface area (Å²) in [4.78, 5) is 45.4. The predicted octanol–water partition coefficient (Wildman–Crippen LogP) is 8.99. The molecule has 53 heavy (non-hydrogen) atoms. The van der Waals surface area contributed by atoms with Gasteiger partial charge in [-0.3, -0.25) is 9.97 Å². The van der Waals surface area contributed by atoms with Gasteiger partial charge in [0, 0.05) is 33.4 Å². The van der Waals surface area contributed by atoms with Crippen LogP contribution in [-0.2, 0) is 9.47 Å². The zero-order valence-corrected chi connectivity index (χ0v) is 31.5. The van der Waals surface area contributed by atoms with Crippen LogP contribution in [0, 0.1) is 6.92 Å². The molecule has 8 rings (SSSR count). The van der Waals surface area contributed by atoms with Gasteiger partial charge in [-0.2, -0.15) is 0 Å². The monoisotopic (exact) mass is 767 g/mol. The molecule has 0 amide bonds. The van der Waals surface area contributed by atoms with Gasteiger partial charge in [0.15, 0.2) is 23.0 Å². The van der Waals surface area contributed by atoms with Gasteiger partial charge < -0.3 is 28.4 Å². The Hall–Kier alpha value is -5.31. The second-order valence-corrected chi connectivity index (χ2v) is 15.2. The summed E-state index contributed by atoms with van der Waals surface area (Å²) < 4.78 is 35.2. The number of ether oxygens (including phenoxy) is 6. The van der Waals surface area contributed by atoms with Crippen molar-refractivity contribution in [3.8, 4) is 75.7 Å². The van der Waals surface area contributed by atoms with Gasteiger partial charge >= 0.3 is 11.9 Å². The molecule has 0 aliphatic carbocycles. The molecule has 0 atom stereocenters. The lowest BCUT2D eigenvalue weighted by atomic mass is 10.1. The summed E-state index contributed by atoms with van der Waals surface area (Å²) in [5, 5.41) is 0. The Morgan fingerprint density at radius 1 is 0.623 bits per heavy atom. The molecule has 11 nitrogen and oxygen atoms in total. The maximum absolute atomic E-state index is 13.0. The molecule has 270 valence electrons. The van der Waals surface area contributed by atoms with E-state index in [-0.39, 0.29) is 18.8 Å². The molecule has 0 N–H and O–H groups in total. The number of aryl methyl sites for hydroxylation is 1. The number of aromatic nitrogens is 3. The number of fused-ring (bicyclic) bond motifs is 2. The Morgan fingerprint density at radius 2 is 1.19 bits per heavy atom. The summed E-state index contributed by atoms with van der Waals surface area (Å²) in [7, 11) is 0. The van der Waals surface area contributed by atoms with Crippen LogP contribution in [0.3, 0.4) is 0 Å². The van der Waals surface area contributed by atoms with Crippen molar-refractivity contribution >= 4 is 45.9 Å². The highest BCUT2D eigenvalue weighted by molar-refractivity contribution is 7.28. The van der Waals surface area contributed by atoms with E-state index in [2.05, 4.69) is 29.0 Å². The van der Waals surface area contributed by atoms with E-state index in [1.807, 2.05) is 12.1 Å². The van der Waals surface area contributed by atoms with E-state index in [0.717, 1.165) is 64.2 Å². The summed E-state index contributed by atoms with van der Waals surface area (Å²) in [6.45, 7) is 8.15. The average Bonchev–Trinajstić information content (AvgIpc) is 3.85. The van der Waals surface area contributed by atoms with Crippen LogP contribution in [-0.4, -0.2) is 66.5 Å². The molecule has 0 spiro atoms. The lowest BCUT2D eigenvalue weighted by Gasteiger charge is -2.17. The van der Waals surface area contributed by atoms with Crippen molar-refractivity contribution in [3.63, 3.8) is 0 Å². The molecule has 0 saturated heterocycles. The van der Waals surface area contributed by atoms with Gasteiger partial charge in [0.1, 0.15) is 13.2 Å². The normalized spacial score (nSPS) is 13.3. The second kappa shape index (κ2) is 15.0. The van der Waals surface area contributed by atoms with E-state index >= 15 is 0 Å². The summed E-state index contributed by atoms with van der Waals surface area (Å²) in [5.41, 5.74) is 3.33. The van der Waals surface area contributed by atoms with Crippen LogP contribution in [0.15, 0.2) is 60.9 Å². The number of pyridine rings is 3. The number of rotatable bonds is 9. The molecule has 0 unspecified atom stereocenters. The molecule has 0 fully saturated rings. The third-order valence-corrected chi connectivity index (χ3v) is 12.1. The molecule has 0 bridgehead atoms. The van der Waals surface area contributed by atoms with E-state index in [4.69, 9.17) is 33.4 Å². The topological polar surface area (TPSA) is 128 Å². The third kappa shape index (κ3) is 6.85. The van der Waals surface area contributed by atoms with E-state index in [1.165, 1.54) is 6.20 Å². The first-order valence-corrected chi connectivity index (χ1v) is 19.6. The molecule has 6 aromatic heterocycles. The number of carbonyl (C=O) groups excluding carboxylic acids is 2. The van der Waals surface area contributed by atoms with Crippen LogP contribution in [0.4, 0.5) is 0 Å². The van der Waals surface area contributed by atoms with Gasteiger partial charge in [-0.05, 0) is 74.9 Å². The minimum absolute atomic E-state index is 0.209. The fourth-order valence-electron chi connectivity index (χ4n) is 6.00. The molecule has 2 aliphatic heterocycles. The van der Waals surface area contributed by atoms with Crippen LogP contribution in [0.5, 0.6) is 23.0 Å². The van der Waals surface area contributed by atoms with Gasteiger partial charge in [0.2, 0.25) is 0 Å². The Labute approximate surface area is 317 Å². The maximum Gasteiger partial charge on any atom is 0.338 e. The Balaban J connectivity index is 1.15. The SMILES string of the molecule is CCOC(=O)c1ccnc(-c2cc(C(=O)OCC)cc(-c3cc(-c4ccc(-c5sc(-c6sc(C)c7c6OCCCO7)c6c5OCCO6)s4)ccn3)n2)c1. The molecule has 8 heterocycles. The molecular weight excluding hydrogens is 735 g/mol.